The van der Waals surface area contributed by atoms with E-state index in [-0.39, 0.29) is 12.5 Å². The fraction of sp³-hybridized carbons (Fsp3) is 0.471. The summed E-state index contributed by atoms with van der Waals surface area (Å²) in [6.07, 6.45) is -4.03. The van der Waals surface area contributed by atoms with Gasteiger partial charge in [0.15, 0.2) is 0 Å². The third-order valence-corrected chi connectivity index (χ3v) is 4.92. The first-order valence-electron chi connectivity index (χ1n) is 8.39. The van der Waals surface area contributed by atoms with Gasteiger partial charge in [0.2, 0.25) is 5.91 Å². The summed E-state index contributed by atoms with van der Waals surface area (Å²) in [5.74, 6) is -5.81. The van der Waals surface area contributed by atoms with Crippen molar-refractivity contribution in [1.82, 2.24) is 10.2 Å². The summed E-state index contributed by atoms with van der Waals surface area (Å²) in [7, 11) is 0. The Balaban J connectivity index is 1.58. The number of aliphatic carboxylic acids is 1. The van der Waals surface area contributed by atoms with Crippen LogP contribution in [0.1, 0.15) is 5.56 Å². The molecule has 1 saturated heterocycles. The molecule has 2 heterocycles. The van der Waals surface area contributed by atoms with E-state index in [2.05, 4.69) is 5.32 Å². The first-order chi connectivity index (χ1) is 12.7. The van der Waals surface area contributed by atoms with Crippen LogP contribution >= 0.6 is 0 Å². The van der Waals surface area contributed by atoms with Gasteiger partial charge in [-0.05, 0) is 18.1 Å². The summed E-state index contributed by atoms with van der Waals surface area (Å²) in [5.41, 5.74) is 1.76. The number of nitrogens with one attached hydrogen (secondary N) is 1. The van der Waals surface area contributed by atoms with Crippen LogP contribution in [0.15, 0.2) is 24.3 Å². The number of hydrogen-bond donors (Lipinski definition) is 2. The second kappa shape index (κ2) is 7.09. The van der Waals surface area contributed by atoms with Crippen LogP contribution < -0.4 is 10.2 Å². The molecule has 0 saturated carbocycles. The summed E-state index contributed by atoms with van der Waals surface area (Å²) >= 11 is 0. The molecule has 0 bridgehead atoms. The number of carbonyl (C=O) groups excluding carboxylic acids is 2. The lowest BCUT2D eigenvalue weighted by atomic mass is 9.96. The lowest BCUT2D eigenvalue weighted by molar-refractivity contribution is -0.187. The number of carboxylic acids is 1. The lowest BCUT2D eigenvalue weighted by Crippen LogP contribution is -2.45. The minimum Gasteiger partial charge on any atom is -0.481 e. The van der Waals surface area contributed by atoms with Gasteiger partial charge in [0.1, 0.15) is 0 Å². The van der Waals surface area contributed by atoms with Crippen molar-refractivity contribution in [2.24, 2.45) is 11.8 Å². The van der Waals surface area contributed by atoms with E-state index < -0.39 is 43.1 Å². The summed E-state index contributed by atoms with van der Waals surface area (Å²) in [6.45, 7) is -1.20. The van der Waals surface area contributed by atoms with Gasteiger partial charge in [0, 0.05) is 25.3 Å². The Morgan fingerprint density at radius 1 is 1.19 bits per heavy atom. The van der Waals surface area contributed by atoms with Crippen molar-refractivity contribution in [3.05, 3.63) is 29.8 Å². The molecule has 3 amide bonds. The van der Waals surface area contributed by atoms with Gasteiger partial charge in [-0.25, -0.2) is 4.79 Å². The van der Waals surface area contributed by atoms with Gasteiger partial charge >= 0.3 is 18.2 Å². The van der Waals surface area contributed by atoms with Crippen LogP contribution in [0.2, 0.25) is 0 Å². The molecule has 146 valence electrons. The van der Waals surface area contributed by atoms with Crippen LogP contribution in [-0.2, 0) is 16.0 Å². The predicted molar refractivity (Wildman–Crippen MR) is 88.1 cm³/mol. The Kier molecular flexibility index (Phi) is 4.99. The van der Waals surface area contributed by atoms with E-state index in [0.717, 1.165) is 16.2 Å². The molecule has 7 nitrogen and oxygen atoms in total. The van der Waals surface area contributed by atoms with Crippen LogP contribution in [-0.4, -0.2) is 60.3 Å². The average molecular weight is 385 g/mol. The number of urea groups is 1. The summed E-state index contributed by atoms with van der Waals surface area (Å²) in [6, 6.07) is 6.45. The van der Waals surface area contributed by atoms with Gasteiger partial charge in [0.05, 0.1) is 18.4 Å². The zero-order valence-corrected chi connectivity index (χ0v) is 14.2. The summed E-state index contributed by atoms with van der Waals surface area (Å²) in [5, 5.41) is 11.3. The van der Waals surface area contributed by atoms with Crippen molar-refractivity contribution in [3.8, 4) is 0 Å². The van der Waals surface area contributed by atoms with Crippen molar-refractivity contribution in [3.63, 3.8) is 0 Å². The van der Waals surface area contributed by atoms with Crippen LogP contribution in [0.5, 0.6) is 0 Å². The second-order valence-corrected chi connectivity index (χ2v) is 6.58. The van der Waals surface area contributed by atoms with E-state index in [9.17, 15) is 27.6 Å². The van der Waals surface area contributed by atoms with Gasteiger partial charge < -0.3 is 20.2 Å². The number of para-hydroxylation sites is 1. The average Bonchev–Trinajstić information content (AvgIpc) is 3.23. The first kappa shape index (κ1) is 19.0. The van der Waals surface area contributed by atoms with Crippen molar-refractivity contribution in [2.75, 3.05) is 31.1 Å². The zero-order chi connectivity index (χ0) is 19.8. The van der Waals surface area contributed by atoms with Crippen LogP contribution in [0.4, 0.5) is 23.7 Å². The molecule has 0 unspecified atom stereocenters. The van der Waals surface area contributed by atoms with E-state index >= 15 is 0 Å². The number of benzene rings is 1. The molecule has 27 heavy (non-hydrogen) atoms. The zero-order valence-electron chi connectivity index (χ0n) is 14.2. The number of likely N-dealkylation sites (tertiary alicyclic amines) is 1. The monoisotopic (exact) mass is 385 g/mol. The number of amides is 3. The van der Waals surface area contributed by atoms with Crippen molar-refractivity contribution >= 4 is 23.6 Å². The molecule has 1 aromatic carbocycles. The molecule has 0 aliphatic carbocycles. The number of halogens is 3. The Morgan fingerprint density at radius 3 is 2.52 bits per heavy atom. The minimum absolute atomic E-state index is 0.377. The normalized spacial score (nSPS) is 21.9. The van der Waals surface area contributed by atoms with Crippen LogP contribution in [0.3, 0.4) is 0 Å². The number of fused-ring (bicyclic) bond motifs is 1. The molecule has 1 aromatic rings. The summed E-state index contributed by atoms with van der Waals surface area (Å²) in [4.78, 5) is 37.8. The number of nitrogens with zero attached hydrogens (tertiary/aromatic N) is 2. The Labute approximate surface area is 152 Å². The third-order valence-electron chi connectivity index (χ3n) is 4.92. The topological polar surface area (TPSA) is 90.0 Å². The molecule has 2 N–H and O–H groups in total. The van der Waals surface area contributed by atoms with Gasteiger partial charge in [-0.1, -0.05) is 18.2 Å². The van der Waals surface area contributed by atoms with Gasteiger partial charge in [-0.2, -0.15) is 13.2 Å². The first-order valence-corrected chi connectivity index (χ1v) is 8.39. The van der Waals surface area contributed by atoms with E-state index in [0.29, 0.717) is 13.0 Å². The third kappa shape index (κ3) is 3.83. The predicted octanol–water partition coefficient (Wildman–Crippen LogP) is 1.48. The fourth-order valence-electron chi connectivity index (χ4n) is 3.51. The maximum Gasteiger partial charge on any atom is 0.394 e. The van der Waals surface area contributed by atoms with Gasteiger partial charge in [-0.3, -0.25) is 9.59 Å². The highest BCUT2D eigenvalue weighted by molar-refractivity contribution is 5.98. The van der Waals surface area contributed by atoms with Crippen molar-refractivity contribution < 1.29 is 32.7 Å². The Hall–Kier alpha value is -2.78. The lowest BCUT2D eigenvalue weighted by Gasteiger charge is -2.20. The molecule has 2 atom stereocenters. The van der Waals surface area contributed by atoms with E-state index in [1.165, 1.54) is 4.90 Å². The molecule has 2 aliphatic rings. The van der Waals surface area contributed by atoms with Gasteiger partial charge in [-0.15, -0.1) is 0 Å². The molecular weight excluding hydrogens is 367 g/mol. The minimum atomic E-state index is -4.72. The highest BCUT2D eigenvalue weighted by Gasteiger charge is 2.53. The molecule has 0 aromatic heterocycles. The molecule has 10 heteroatoms. The van der Waals surface area contributed by atoms with Crippen LogP contribution in [0.25, 0.3) is 0 Å². The number of carboxylic acid groups (broad SMARTS) is 1. The molecule has 0 radical (unpaired) electrons. The van der Waals surface area contributed by atoms with Gasteiger partial charge in [0.25, 0.3) is 0 Å². The number of hydrogen-bond acceptors (Lipinski definition) is 3. The molecule has 0 spiro atoms. The van der Waals surface area contributed by atoms with Crippen LogP contribution in [0, 0.1) is 11.8 Å². The molecule has 1 fully saturated rings. The quantitative estimate of drug-likeness (QED) is 0.825. The smallest absolute Gasteiger partial charge is 0.394 e. The van der Waals surface area contributed by atoms with E-state index in [4.69, 9.17) is 5.11 Å². The second-order valence-electron chi connectivity index (χ2n) is 6.58. The van der Waals surface area contributed by atoms with Crippen molar-refractivity contribution in [2.45, 2.75) is 12.6 Å². The maximum absolute atomic E-state index is 13.0. The largest absolute Gasteiger partial charge is 0.481 e. The van der Waals surface area contributed by atoms with Crippen molar-refractivity contribution in [1.29, 1.82) is 0 Å². The number of anilines is 1. The van der Waals surface area contributed by atoms with E-state index in [1.807, 2.05) is 12.1 Å². The highest BCUT2D eigenvalue weighted by atomic mass is 19.4. The number of rotatable bonds is 3. The standard InChI is InChI=1S/C17H18F3N3O4/c18-17(19,20)12-9-22(8-11(12)15(25)26)16(27)21-7-14(24)23-6-5-10-3-1-2-4-13(10)23/h1-4,11-12H,5-9H2,(H,21,27)(H,25,26)/t11-,12-/m1/s1. The van der Waals surface area contributed by atoms with E-state index in [1.54, 1.807) is 12.1 Å². The fourth-order valence-corrected chi connectivity index (χ4v) is 3.51. The molecular formula is C17H18F3N3O4. The molecule has 2 aliphatic heterocycles. The number of carbonyl (C=O) groups is 3. The highest BCUT2D eigenvalue weighted by Crippen LogP contribution is 2.37. The Bertz CT molecular complexity index is 768. The summed E-state index contributed by atoms with van der Waals surface area (Å²) < 4.78 is 39.0. The number of alkyl halides is 3. The molecule has 3 rings (SSSR count). The maximum atomic E-state index is 13.0. The SMILES string of the molecule is O=C(O)[C@@H]1CN(C(=O)NCC(=O)N2CCc3ccccc32)C[C@H]1C(F)(F)F. The Morgan fingerprint density at radius 2 is 1.89 bits per heavy atom.